The van der Waals surface area contributed by atoms with Crippen molar-refractivity contribution in [2.45, 2.75) is 56.3 Å². The molecule has 1 aromatic carbocycles. The zero-order valence-electron chi connectivity index (χ0n) is 15.4. The van der Waals surface area contributed by atoms with Gasteiger partial charge in [-0.05, 0) is 30.5 Å². The summed E-state index contributed by atoms with van der Waals surface area (Å²) >= 11 is 0. The fourth-order valence-corrected chi connectivity index (χ4v) is 4.03. The third kappa shape index (κ3) is 3.85. The Hall–Kier alpha value is -1.22. The number of rotatable bonds is 5. The molecule has 0 radical (unpaired) electrons. The summed E-state index contributed by atoms with van der Waals surface area (Å²) in [6.07, 6.45) is 4.29. The molecule has 0 saturated carbocycles. The lowest BCUT2D eigenvalue weighted by molar-refractivity contribution is -0.314. The van der Waals surface area contributed by atoms with E-state index >= 15 is 0 Å². The van der Waals surface area contributed by atoms with Crippen LogP contribution in [0.2, 0.25) is 0 Å². The van der Waals surface area contributed by atoms with Crippen molar-refractivity contribution < 1.29 is 33.2 Å². The SMILES string of the molecule is c1cc(OCC2COC3(CCCO3)O2)ccc1CC1COC2(CCCO2)O1. The van der Waals surface area contributed by atoms with E-state index in [2.05, 4.69) is 12.1 Å². The fourth-order valence-electron chi connectivity index (χ4n) is 4.03. The van der Waals surface area contributed by atoms with Crippen LogP contribution < -0.4 is 4.74 Å². The van der Waals surface area contributed by atoms with Crippen LogP contribution in [0.5, 0.6) is 5.75 Å². The van der Waals surface area contributed by atoms with E-state index in [9.17, 15) is 0 Å². The zero-order chi connectivity index (χ0) is 18.2. The smallest absolute Gasteiger partial charge is 0.283 e. The maximum Gasteiger partial charge on any atom is 0.283 e. The molecule has 2 spiro atoms. The average molecular weight is 378 g/mol. The van der Waals surface area contributed by atoms with Gasteiger partial charge in [0, 0.05) is 19.3 Å². The molecule has 4 atom stereocenters. The van der Waals surface area contributed by atoms with Gasteiger partial charge in [0.05, 0.1) is 32.5 Å². The van der Waals surface area contributed by atoms with E-state index in [-0.39, 0.29) is 12.2 Å². The van der Waals surface area contributed by atoms with Crippen LogP contribution in [0.15, 0.2) is 24.3 Å². The van der Waals surface area contributed by atoms with E-state index in [0.717, 1.165) is 37.9 Å². The van der Waals surface area contributed by atoms with Gasteiger partial charge in [-0.2, -0.15) is 0 Å². The van der Waals surface area contributed by atoms with Gasteiger partial charge in [-0.3, -0.25) is 0 Å². The predicted octanol–water partition coefficient (Wildman–Crippen LogP) is 2.37. The highest BCUT2D eigenvalue weighted by Gasteiger charge is 2.46. The monoisotopic (exact) mass is 378 g/mol. The molecule has 1 aromatic rings. The number of ether oxygens (including phenoxy) is 7. The first-order valence-electron chi connectivity index (χ1n) is 9.86. The molecule has 5 rings (SSSR count). The quantitative estimate of drug-likeness (QED) is 0.779. The molecule has 4 aliphatic rings. The molecule has 27 heavy (non-hydrogen) atoms. The molecule has 7 nitrogen and oxygen atoms in total. The number of benzene rings is 1. The van der Waals surface area contributed by atoms with Crippen molar-refractivity contribution in [3.05, 3.63) is 29.8 Å². The molecule has 4 unspecified atom stereocenters. The third-order valence-corrected chi connectivity index (χ3v) is 5.39. The van der Waals surface area contributed by atoms with E-state index in [1.165, 1.54) is 5.56 Å². The first-order chi connectivity index (χ1) is 13.2. The lowest BCUT2D eigenvalue weighted by Crippen LogP contribution is -2.30. The van der Waals surface area contributed by atoms with E-state index in [1.807, 2.05) is 12.1 Å². The van der Waals surface area contributed by atoms with Crippen molar-refractivity contribution in [3.63, 3.8) is 0 Å². The highest BCUT2D eigenvalue weighted by Crippen LogP contribution is 2.36. The first-order valence-corrected chi connectivity index (χ1v) is 9.86. The van der Waals surface area contributed by atoms with Crippen molar-refractivity contribution in [2.75, 3.05) is 33.0 Å². The van der Waals surface area contributed by atoms with Crippen LogP contribution in [0, 0.1) is 0 Å². The van der Waals surface area contributed by atoms with Crippen molar-refractivity contribution in [2.24, 2.45) is 0 Å². The average Bonchev–Trinajstić information content (AvgIpc) is 3.47. The van der Waals surface area contributed by atoms with Crippen molar-refractivity contribution in [3.8, 4) is 5.75 Å². The molecule has 4 heterocycles. The van der Waals surface area contributed by atoms with Crippen LogP contribution in [-0.4, -0.2) is 57.2 Å². The maximum atomic E-state index is 5.99. The van der Waals surface area contributed by atoms with Crippen LogP contribution >= 0.6 is 0 Å². The molecule has 0 N–H and O–H groups in total. The summed E-state index contributed by atoms with van der Waals surface area (Å²) in [5.74, 6) is -0.783. The second-order valence-corrected chi connectivity index (χ2v) is 7.53. The molecule has 148 valence electrons. The summed E-state index contributed by atoms with van der Waals surface area (Å²) in [6.45, 7) is 2.92. The van der Waals surface area contributed by atoms with Crippen LogP contribution in [0.25, 0.3) is 0 Å². The molecule has 0 amide bonds. The predicted molar refractivity (Wildman–Crippen MR) is 93.1 cm³/mol. The third-order valence-electron chi connectivity index (χ3n) is 5.39. The summed E-state index contributed by atoms with van der Waals surface area (Å²) < 4.78 is 40.3. The van der Waals surface area contributed by atoms with E-state index in [1.54, 1.807) is 0 Å². The Balaban J connectivity index is 1.09. The lowest BCUT2D eigenvalue weighted by Gasteiger charge is -2.21. The summed E-state index contributed by atoms with van der Waals surface area (Å²) in [5.41, 5.74) is 1.18. The lowest BCUT2D eigenvalue weighted by atomic mass is 10.1. The summed E-state index contributed by atoms with van der Waals surface area (Å²) in [6, 6.07) is 8.08. The van der Waals surface area contributed by atoms with E-state index < -0.39 is 11.9 Å². The van der Waals surface area contributed by atoms with Crippen LogP contribution in [0.1, 0.15) is 31.2 Å². The second-order valence-electron chi connectivity index (χ2n) is 7.53. The Kier molecular flexibility index (Phi) is 4.83. The molecule has 0 aromatic heterocycles. The second kappa shape index (κ2) is 7.31. The van der Waals surface area contributed by atoms with Gasteiger partial charge in [-0.15, -0.1) is 0 Å². The first kappa shape index (κ1) is 17.8. The van der Waals surface area contributed by atoms with Gasteiger partial charge in [0.15, 0.2) is 0 Å². The Morgan fingerprint density at radius 2 is 1.44 bits per heavy atom. The Labute approximate surface area is 158 Å². The van der Waals surface area contributed by atoms with Crippen molar-refractivity contribution in [1.82, 2.24) is 0 Å². The molecule has 4 saturated heterocycles. The van der Waals surface area contributed by atoms with Crippen molar-refractivity contribution >= 4 is 0 Å². The molecule has 4 fully saturated rings. The van der Waals surface area contributed by atoms with Gasteiger partial charge in [0.1, 0.15) is 18.5 Å². The minimum Gasteiger partial charge on any atom is -0.491 e. The van der Waals surface area contributed by atoms with Gasteiger partial charge in [-0.1, -0.05) is 12.1 Å². The Morgan fingerprint density at radius 1 is 0.815 bits per heavy atom. The van der Waals surface area contributed by atoms with Crippen molar-refractivity contribution in [1.29, 1.82) is 0 Å². The summed E-state index contributed by atoms with van der Waals surface area (Å²) in [7, 11) is 0. The van der Waals surface area contributed by atoms with Gasteiger partial charge in [-0.25, -0.2) is 0 Å². The van der Waals surface area contributed by atoms with Gasteiger partial charge in [0.25, 0.3) is 11.9 Å². The van der Waals surface area contributed by atoms with Crippen LogP contribution in [0.4, 0.5) is 0 Å². The molecular formula is C20H26O7. The van der Waals surface area contributed by atoms with Gasteiger partial charge >= 0.3 is 0 Å². The largest absolute Gasteiger partial charge is 0.491 e. The fraction of sp³-hybridized carbons (Fsp3) is 0.700. The topological polar surface area (TPSA) is 64.6 Å². The Bertz CT molecular complexity index is 634. The minimum absolute atomic E-state index is 0.0292. The van der Waals surface area contributed by atoms with E-state index in [4.69, 9.17) is 33.2 Å². The summed E-state index contributed by atoms with van der Waals surface area (Å²) in [4.78, 5) is 0. The zero-order valence-corrected chi connectivity index (χ0v) is 15.4. The van der Waals surface area contributed by atoms with Gasteiger partial charge < -0.3 is 33.2 Å². The molecule has 7 heteroatoms. The molecule has 0 aliphatic carbocycles. The number of hydrogen-bond acceptors (Lipinski definition) is 7. The maximum absolute atomic E-state index is 5.99. The van der Waals surface area contributed by atoms with Gasteiger partial charge in [0.2, 0.25) is 0 Å². The number of hydrogen-bond donors (Lipinski definition) is 0. The highest BCUT2D eigenvalue weighted by atomic mass is 16.9. The highest BCUT2D eigenvalue weighted by molar-refractivity contribution is 5.27. The molecule has 0 bridgehead atoms. The minimum atomic E-state index is -0.818. The normalized spacial score (nSPS) is 38.4. The van der Waals surface area contributed by atoms with Crippen LogP contribution in [0.3, 0.4) is 0 Å². The van der Waals surface area contributed by atoms with E-state index in [0.29, 0.717) is 33.0 Å². The Morgan fingerprint density at radius 3 is 2.07 bits per heavy atom. The van der Waals surface area contributed by atoms with Crippen LogP contribution in [-0.2, 0) is 34.8 Å². The standard InChI is InChI=1S/C20H26O7/c1-7-19(22-9-1)24-13-17(26-19)11-15-3-5-16(6-4-15)21-12-18-14-25-20(27-18)8-2-10-23-20/h3-6,17-18H,1-2,7-14H2. The molecule has 4 aliphatic heterocycles. The molecular weight excluding hydrogens is 352 g/mol. The summed E-state index contributed by atoms with van der Waals surface area (Å²) in [5, 5.41) is 0.